The number of benzene rings is 2. The van der Waals surface area contributed by atoms with Gasteiger partial charge in [0.1, 0.15) is 0 Å². The highest BCUT2D eigenvalue weighted by atomic mass is 14.7. The van der Waals surface area contributed by atoms with Crippen molar-refractivity contribution in [3.8, 4) is 0 Å². The predicted octanol–water partition coefficient (Wildman–Crippen LogP) is 4.92. The van der Waals surface area contributed by atoms with Crippen molar-refractivity contribution < 1.29 is 0 Å². The number of aryl methyl sites for hydroxylation is 1. The van der Waals surface area contributed by atoms with E-state index >= 15 is 0 Å². The molecule has 0 saturated heterocycles. The quantitative estimate of drug-likeness (QED) is 0.658. The van der Waals surface area contributed by atoms with Crippen molar-refractivity contribution >= 4 is 6.21 Å². The molecule has 20 heavy (non-hydrogen) atoms. The lowest BCUT2D eigenvalue weighted by Crippen LogP contribution is -2.14. The van der Waals surface area contributed by atoms with Crippen LogP contribution in [0.5, 0.6) is 0 Å². The summed E-state index contributed by atoms with van der Waals surface area (Å²) < 4.78 is 0. The molecule has 2 rings (SSSR count). The highest BCUT2D eigenvalue weighted by Crippen LogP contribution is 2.20. The molecule has 0 aliphatic heterocycles. The van der Waals surface area contributed by atoms with Gasteiger partial charge >= 0.3 is 0 Å². The minimum atomic E-state index is 0.143. The van der Waals surface area contributed by atoms with Gasteiger partial charge in [-0.2, -0.15) is 0 Å². The molecule has 0 aliphatic carbocycles. The molecule has 1 nitrogen and oxygen atoms in total. The Kier molecular flexibility index (Phi) is 5.11. The van der Waals surface area contributed by atoms with Crippen molar-refractivity contribution in [1.29, 1.82) is 0 Å². The number of hydrogen-bond donors (Lipinski definition) is 0. The zero-order chi connectivity index (χ0) is 14.3. The van der Waals surface area contributed by atoms with Crippen LogP contribution in [-0.2, 0) is 13.0 Å². The lowest BCUT2D eigenvalue weighted by atomic mass is 9.87. The summed E-state index contributed by atoms with van der Waals surface area (Å²) in [4.78, 5) is 4.60. The molecule has 104 valence electrons. The number of rotatable bonds is 6. The molecule has 0 unspecified atom stereocenters. The van der Waals surface area contributed by atoms with Gasteiger partial charge in [-0.05, 0) is 29.4 Å². The molecule has 0 atom stereocenters. The minimum absolute atomic E-state index is 0.143. The largest absolute Gasteiger partial charge is 0.292 e. The Morgan fingerprint density at radius 1 is 0.850 bits per heavy atom. The van der Waals surface area contributed by atoms with Crippen LogP contribution in [0.4, 0.5) is 0 Å². The van der Waals surface area contributed by atoms with E-state index in [4.69, 9.17) is 0 Å². The smallest absolute Gasteiger partial charge is 0.0636 e. The second kappa shape index (κ2) is 7.04. The molecular formula is C19H23N. The first-order valence-corrected chi connectivity index (χ1v) is 7.25. The summed E-state index contributed by atoms with van der Waals surface area (Å²) >= 11 is 0. The SMILES string of the molecule is CC(C)(C=NCc1ccccc1)CCc1ccccc1. The van der Waals surface area contributed by atoms with E-state index in [1.54, 1.807) is 0 Å². The van der Waals surface area contributed by atoms with Crippen molar-refractivity contribution in [2.45, 2.75) is 33.2 Å². The highest BCUT2D eigenvalue weighted by molar-refractivity contribution is 5.64. The third-order valence-electron chi connectivity index (χ3n) is 3.46. The van der Waals surface area contributed by atoms with Gasteiger partial charge in [0, 0.05) is 6.21 Å². The monoisotopic (exact) mass is 265 g/mol. The first kappa shape index (κ1) is 14.5. The Morgan fingerprint density at radius 2 is 1.40 bits per heavy atom. The summed E-state index contributed by atoms with van der Waals surface area (Å²) in [6.07, 6.45) is 4.34. The van der Waals surface area contributed by atoms with E-state index in [9.17, 15) is 0 Å². The molecule has 0 radical (unpaired) electrons. The minimum Gasteiger partial charge on any atom is -0.292 e. The van der Waals surface area contributed by atoms with Crippen molar-refractivity contribution in [1.82, 2.24) is 0 Å². The third-order valence-corrected chi connectivity index (χ3v) is 3.46. The van der Waals surface area contributed by atoms with Crippen LogP contribution < -0.4 is 0 Å². The van der Waals surface area contributed by atoms with Gasteiger partial charge in [-0.15, -0.1) is 0 Å². The summed E-state index contributed by atoms with van der Waals surface area (Å²) in [6.45, 7) is 5.28. The Balaban J connectivity index is 1.84. The Bertz CT molecular complexity index is 526. The molecule has 0 aliphatic rings. The highest BCUT2D eigenvalue weighted by Gasteiger charge is 2.14. The predicted molar refractivity (Wildman–Crippen MR) is 87.2 cm³/mol. The van der Waals surface area contributed by atoms with E-state index in [-0.39, 0.29) is 5.41 Å². The number of nitrogens with zero attached hydrogens (tertiary/aromatic N) is 1. The third kappa shape index (κ3) is 5.00. The van der Waals surface area contributed by atoms with E-state index in [0.717, 1.165) is 19.4 Å². The van der Waals surface area contributed by atoms with Crippen LogP contribution in [-0.4, -0.2) is 6.21 Å². The summed E-state index contributed by atoms with van der Waals surface area (Å²) in [7, 11) is 0. The number of aliphatic imine (C=N–C) groups is 1. The molecule has 0 N–H and O–H groups in total. The second-order valence-corrected chi connectivity index (χ2v) is 5.93. The molecule has 0 bridgehead atoms. The van der Waals surface area contributed by atoms with Crippen LogP contribution in [0.3, 0.4) is 0 Å². The fourth-order valence-electron chi connectivity index (χ4n) is 2.16. The number of hydrogen-bond acceptors (Lipinski definition) is 1. The molecule has 0 fully saturated rings. The zero-order valence-corrected chi connectivity index (χ0v) is 12.4. The molecule has 1 heteroatoms. The maximum absolute atomic E-state index is 4.60. The molecule has 2 aromatic carbocycles. The fraction of sp³-hybridized carbons (Fsp3) is 0.316. The molecule has 0 amide bonds. The van der Waals surface area contributed by atoms with Crippen molar-refractivity contribution in [3.05, 3.63) is 71.8 Å². The van der Waals surface area contributed by atoms with Gasteiger partial charge < -0.3 is 0 Å². The lowest BCUT2D eigenvalue weighted by Gasteiger charge is -2.19. The van der Waals surface area contributed by atoms with E-state index in [1.807, 2.05) is 6.07 Å². The van der Waals surface area contributed by atoms with Crippen LogP contribution >= 0.6 is 0 Å². The molecular weight excluding hydrogens is 242 g/mol. The van der Waals surface area contributed by atoms with E-state index in [1.165, 1.54) is 11.1 Å². The first-order chi connectivity index (χ1) is 9.66. The van der Waals surface area contributed by atoms with E-state index in [2.05, 4.69) is 79.7 Å². The summed E-state index contributed by atoms with van der Waals surface area (Å²) in [5.41, 5.74) is 2.81. The Morgan fingerprint density at radius 3 is 2.00 bits per heavy atom. The maximum atomic E-state index is 4.60. The maximum Gasteiger partial charge on any atom is 0.0636 e. The van der Waals surface area contributed by atoms with Crippen LogP contribution in [0.1, 0.15) is 31.4 Å². The second-order valence-electron chi connectivity index (χ2n) is 5.93. The normalized spacial score (nSPS) is 11.9. The van der Waals surface area contributed by atoms with Crippen molar-refractivity contribution in [2.75, 3.05) is 0 Å². The first-order valence-electron chi connectivity index (χ1n) is 7.25. The van der Waals surface area contributed by atoms with Gasteiger partial charge in [-0.1, -0.05) is 74.5 Å². The average molecular weight is 265 g/mol. The standard InChI is InChI=1S/C19H23N/c1-19(2,14-13-17-9-5-3-6-10-17)16-20-15-18-11-7-4-8-12-18/h3-12,16H,13-15H2,1-2H3. The summed E-state index contributed by atoms with van der Waals surface area (Å²) in [5, 5.41) is 0. The van der Waals surface area contributed by atoms with E-state index in [0.29, 0.717) is 0 Å². The lowest BCUT2D eigenvalue weighted by molar-refractivity contribution is 0.486. The topological polar surface area (TPSA) is 12.4 Å². The van der Waals surface area contributed by atoms with Crippen LogP contribution in [0.25, 0.3) is 0 Å². The van der Waals surface area contributed by atoms with Gasteiger partial charge in [0.2, 0.25) is 0 Å². The molecule has 2 aromatic rings. The van der Waals surface area contributed by atoms with Crippen LogP contribution in [0, 0.1) is 5.41 Å². The van der Waals surface area contributed by atoms with Gasteiger partial charge in [0.25, 0.3) is 0 Å². The summed E-state index contributed by atoms with van der Waals surface area (Å²) in [6, 6.07) is 21.1. The Hall–Kier alpha value is -1.89. The van der Waals surface area contributed by atoms with Gasteiger partial charge in [-0.3, -0.25) is 4.99 Å². The molecule has 0 heterocycles. The average Bonchev–Trinajstić information content (AvgIpc) is 2.47. The van der Waals surface area contributed by atoms with E-state index < -0.39 is 0 Å². The zero-order valence-electron chi connectivity index (χ0n) is 12.4. The molecule has 0 saturated carbocycles. The van der Waals surface area contributed by atoms with Gasteiger partial charge in [-0.25, -0.2) is 0 Å². The van der Waals surface area contributed by atoms with Crippen molar-refractivity contribution in [2.24, 2.45) is 10.4 Å². The van der Waals surface area contributed by atoms with Crippen LogP contribution in [0.2, 0.25) is 0 Å². The van der Waals surface area contributed by atoms with Gasteiger partial charge in [0.05, 0.1) is 6.54 Å². The van der Waals surface area contributed by atoms with Crippen molar-refractivity contribution in [3.63, 3.8) is 0 Å². The fourth-order valence-corrected chi connectivity index (χ4v) is 2.16. The molecule has 0 aromatic heterocycles. The Labute approximate surface area is 122 Å². The molecule has 0 spiro atoms. The van der Waals surface area contributed by atoms with Crippen LogP contribution in [0.15, 0.2) is 65.7 Å². The van der Waals surface area contributed by atoms with Gasteiger partial charge in [0.15, 0.2) is 0 Å². The summed E-state index contributed by atoms with van der Waals surface area (Å²) in [5.74, 6) is 0.